The third kappa shape index (κ3) is 4.89. The SMILES string of the molecule is CS(=O)c1ccc(C(CC2CCOCC2)c2ccc(-c3cc(CO)ccn3)[nH]2)cc1. The zero-order valence-electron chi connectivity index (χ0n) is 17.2. The minimum atomic E-state index is -0.978. The van der Waals surface area contributed by atoms with Crippen LogP contribution in [0.2, 0.25) is 0 Å². The van der Waals surface area contributed by atoms with Crippen molar-refractivity contribution in [3.63, 3.8) is 0 Å². The Balaban J connectivity index is 1.64. The normalized spacial score (nSPS) is 17.0. The molecular weight excluding hydrogens is 396 g/mol. The summed E-state index contributed by atoms with van der Waals surface area (Å²) in [6.45, 7) is 1.67. The van der Waals surface area contributed by atoms with Gasteiger partial charge in [0.1, 0.15) is 0 Å². The van der Waals surface area contributed by atoms with Crippen molar-refractivity contribution >= 4 is 10.8 Å². The zero-order chi connectivity index (χ0) is 20.9. The fraction of sp³-hybridized carbons (Fsp3) is 0.375. The van der Waals surface area contributed by atoms with Crippen LogP contribution in [-0.2, 0) is 22.1 Å². The Labute approximate surface area is 180 Å². The van der Waals surface area contributed by atoms with Crippen LogP contribution in [0.15, 0.2) is 59.6 Å². The van der Waals surface area contributed by atoms with Gasteiger partial charge in [-0.05, 0) is 72.7 Å². The number of H-pyrrole nitrogens is 1. The fourth-order valence-corrected chi connectivity index (χ4v) is 4.65. The lowest BCUT2D eigenvalue weighted by Crippen LogP contribution is -2.18. The first-order chi connectivity index (χ1) is 14.6. The Morgan fingerprint density at radius 1 is 1.17 bits per heavy atom. The molecule has 3 aromatic rings. The molecule has 0 bridgehead atoms. The summed E-state index contributed by atoms with van der Waals surface area (Å²) < 4.78 is 17.3. The molecule has 0 saturated carbocycles. The van der Waals surface area contributed by atoms with E-state index in [4.69, 9.17) is 4.74 Å². The molecular formula is C24H28N2O3S. The van der Waals surface area contributed by atoms with Crippen molar-refractivity contribution in [2.24, 2.45) is 5.92 Å². The van der Waals surface area contributed by atoms with E-state index in [2.05, 4.69) is 34.2 Å². The lowest BCUT2D eigenvalue weighted by Gasteiger charge is -2.27. The molecule has 0 aliphatic carbocycles. The van der Waals surface area contributed by atoms with E-state index in [1.54, 1.807) is 12.5 Å². The van der Waals surface area contributed by atoms with E-state index in [0.29, 0.717) is 5.92 Å². The van der Waals surface area contributed by atoms with Gasteiger partial charge in [0, 0.05) is 53.0 Å². The summed E-state index contributed by atoms with van der Waals surface area (Å²) in [5.74, 6) is 0.841. The first kappa shape index (κ1) is 21.0. The second kappa shape index (κ2) is 9.69. The Hall–Kier alpha value is -2.28. The first-order valence-electron chi connectivity index (χ1n) is 10.4. The maximum atomic E-state index is 11.8. The number of hydrogen-bond donors (Lipinski definition) is 2. The highest BCUT2D eigenvalue weighted by Crippen LogP contribution is 2.35. The molecule has 2 atom stereocenters. The van der Waals surface area contributed by atoms with Crippen LogP contribution in [0.1, 0.15) is 42.0 Å². The molecule has 2 aromatic heterocycles. The Bertz CT molecular complexity index is 994. The van der Waals surface area contributed by atoms with Gasteiger partial charge >= 0.3 is 0 Å². The van der Waals surface area contributed by atoms with E-state index < -0.39 is 10.8 Å². The molecule has 1 aromatic carbocycles. The number of benzene rings is 1. The van der Waals surface area contributed by atoms with Crippen molar-refractivity contribution in [3.8, 4) is 11.4 Å². The number of aromatic amines is 1. The van der Waals surface area contributed by atoms with Crippen LogP contribution in [0.25, 0.3) is 11.4 Å². The molecule has 3 heterocycles. The molecule has 0 radical (unpaired) electrons. The Morgan fingerprint density at radius 3 is 2.63 bits per heavy atom. The largest absolute Gasteiger partial charge is 0.392 e. The van der Waals surface area contributed by atoms with Crippen LogP contribution in [0.5, 0.6) is 0 Å². The molecule has 1 fully saturated rings. The van der Waals surface area contributed by atoms with Crippen molar-refractivity contribution in [3.05, 3.63) is 71.5 Å². The van der Waals surface area contributed by atoms with Crippen molar-refractivity contribution in [1.29, 1.82) is 0 Å². The molecule has 0 spiro atoms. The monoisotopic (exact) mass is 424 g/mol. The van der Waals surface area contributed by atoms with Crippen LogP contribution in [0.3, 0.4) is 0 Å². The second-order valence-electron chi connectivity index (χ2n) is 7.90. The van der Waals surface area contributed by atoms with E-state index in [1.807, 2.05) is 24.3 Å². The highest BCUT2D eigenvalue weighted by atomic mass is 32.2. The lowest BCUT2D eigenvalue weighted by molar-refractivity contribution is 0.0626. The van der Waals surface area contributed by atoms with Gasteiger partial charge in [0.05, 0.1) is 18.0 Å². The van der Waals surface area contributed by atoms with E-state index in [9.17, 15) is 9.32 Å². The summed E-state index contributed by atoms with van der Waals surface area (Å²) in [5, 5.41) is 9.42. The van der Waals surface area contributed by atoms with Gasteiger partial charge in [-0.1, -0.05) is 12.1 Å². The number of hydrogen-bond acceptors (Lipinski definition) is 4. The van der Waals surface area contributed by atoms with Gasteiger partial charge < -0.3 is 14.8 Å². The minimum Gasteiger partial charge on any atom is -0.392 e. The standard InChI is InChI=1S/C24H28N2O3S/c1-30(28)20-4-2-19(3-5-20)21(14-17-9-12-29-13-10-17)22-6-7-23(26-22)24-15-18(16-27)8-11-25-24/h2-8,11,15,17,21,26-27H,9-10,12-14,16H2,1H3. The summed E-state index contributed by atoms with van der Waals surface area (Å²) in [5.41, 5.74) is 5.00. The molecule has 6 heteroatoms. The number of ether oxygens (including phenoxy) is 1. The van der Waals surface area contributed by atoms with Crippen LogP contribution in [0, 0.1) is 5.92 Å². The minimum absolute atomic E-state index is 0.000605. The summed E-state index contributed by atoms with van der Waals surface area (Å²) in [6.07, 6.45) is 6.65. The topological polar surface area (TPSA) is 75.2 Å². The molecule has 2 unspecified atom stereocenters. The third-order valence-corrected chi connectivity index (χ3v) is 6.83. The molecule has 1 aliphatic heterocycles. The first-order valence-corrected chi connectivity index (χ1v) is 12.0. The van der Waals surface area contributed by atoms with Crippen LogP contribution < -0.4 is 0 Å². The van der Waals surface area contributed by atoms with Crippen molar-refractivity contribution in [1.82, 2.24) is 9.97 Å². The highest BCUT2D eigenvalue weighted by molar-refractivity contribution is 7.84. The van der Waals surface area contributed by atoms with Gasteiger partial charge in [0.25, 0.3) is 0 Å². The van der Waals surface area contributed by atoms with E-state index in [0.717, 1.165) is 60.0 Å². The number of rotatable bonds is 7. The van der Waals surface area contributed by atoms with Gasteiger partial charge in [-0.15, -0.1) is 0 Å². The number of nitrogens with zero attached hydrogens (tertiary/aromatic N) is 1. The van der Waals surface area contributed by atoms with Gasteiger partial charge in [-0.2, -0.15) is 0 Å². The van der Waals surface area contributed by atoms with Crippen molar-refractivity contribution in [2.45, 2.75) is 36.7 Å². The maximum absolute atomic E-state index is 11.8. The number of nitrogens with one attached hydrogen (secondary N) is 1. The molecule has 1 aliphatic rings. The number of aliphatic hydroxyl groups excluding tert-OH is 1. The Kier molecular flexibility index (Phi) is 6.77. The van der Waals surface area contributed by atoms with E-state index in [-0.39, 0.29) is 12.5 Å². The summed E-state index contributed by atoms with van der Waals surface area (Å²) >= 11 is 0. The fourth-order valence-electron chi connectivity index (χ4n) is 4.13. The molecule has 4 rings (SSSR count). The second-order valence-corrected chi connectivity index (χ2v) is 9.28. The highest BCUT2D eigenvalue weighted by Gasteiger charge is 2.23. The zero-order valence-corrected chi connectivity index (χ0v) is 18.0. The molecule has 2 N–H and O–H groups in total. The van der Waals surface area contributed by atoms with Crippen LogP contribution in [0.4, 0.5) is 0 Å². The van der Waals surface area contributed by atoms with Gasteiger partial charge in [-0.25, -0.2) is 0 Å². The van der Waals surface area contributed by atoms with Crippen molar-refractivity contribution in [2.75, 3.05) is 19.5 Å². The summed E-state index contributed by atoms with van der Waals surface area (Å²) in [4.78, 5) is 8.88. The lowest BCUT2D eigenvalue weighted by atomic mass is 9.83. The van der Waals surface area contributed by atoms with Crippen LogP contribution >= 0.6 is 0 Å². The predicted molar refractivity (Wildman–Crippen MR) is 119 cm³/mol. The summed E-state index contributed by atoms with van der Waals surface area (Å²) in [6, 6.07) is 16.1. The van der Waals surface area contributed by atoms with Crippen molar-refractivity contribution < 1.29 is 14.1 Å². The third-order valence-electron chi connectivity index (χ3n) is 5.89. The smallest absolute Gasteiger partial charge is 0.0867 e. The maximum Gasteiger partial charge on any atom is 0.0867 e. The average molecular weight is 425 g/mol. The average Bonchev–Trinajstić information content (AvgIpc) is 3.28. The molecule has 0 amide bonds. The molecule has 1 saturated heterocycles. The quantitative estimate of drug-likeness (QED) is 0.594. The molecule has 30 heavy (non-hydrogen) atoms. The van der Waals surface area contributed by atoms with Crippen LogP contribution in [-0.4, -0.2) is 38.8 Å². The van der Waals surface area contributed by atoms with Gasteiger partial charge in [0.2, 0.25) is 0 Å². The summed E-state index contributed by atoms with van der Waals surface area (Å²) in [7, 11) is -0.978. The van der Waals surface area contributed by atoms with E-state index >= 15 is 0 Å². The van der Waals surface area contributed by atoms with Gasteiger partial charge in [-0.3, -0.25) is 9.19 Å². The van der Waals surface area contributed by atoms with Gasteiger partial charge in [0.15, 0.2) is 0 Å². The number of aromatic nitrogens is 2. The molecule has 158 valence electrons. The van der Waals surface area contributed by atoms with E-state index in [1.165, 1.54) is 5.56 Å². The predicted octanol–water partition coefficient (Wildman–Crippen LogP) is 4.26. The number of pyridine rings is 1. The Morgan fingerprint density at radius 2 is 1.93 bits per heavy atom. The molecule has 5 nitrogen and oxygen atoms in total. The number of aliphatic hydroxyl groups is 1.